The third-order valence-electron chi connectivity index (χ3n) is 5.43. The molecular formula is C23H31N3O4. The smallest absolute Gasteiger partial charge is 0.241 e. The largest absolute Gasteiger partial charge is 0.493 e. The molecule has 3 rings (SSSR count). The molecule has 1 heterocycles. The standard InChI is InChI=1S/C23H31N3O4/c1-17(25(2)16-18-5-10-21(28-3)22(15-18)29-4)23(27)24-19-6-8-20(9-7-19)26-11-13-30-14-12-26/h5-10,15,17H,11-14,16H2,1-4H3,(H,24,27)/t17-/m0/s1. The van der Waals surface area contributed by atoms with Crippen LogP contribution in [0.25, 0.3) is 0 Å². The molecule has 0 aromatic heterocycles. The van der Waals surface area contributed by atoms with Crippen LogP contribution in [0.3, 0.4) is 0 Å². The van der Waals surface area contributed by atoms with Gasteiger partial charge in [0.15, 0.2) is 11.5 Å². The number of hydrogen-bond acceptors (Lipinski definition) is 6. The third-order valence-corrected chi connectivity index (χ3v) is 5.43. The Morgan fingerprint density at radius 3 is 2.40 bits per heavy atom. The average molecular weight is 414 g/mol. The minimum absolute atomic E-state index is 0.0444. The Kier molecular flexibility index (Phi) is 7.54. The molecule has 1 N–H and O–H groups in total. The van der Waals surface area contributed by atoms with Gasteiger partial charge in [0, 0.05) is 31.0 Å². The minimum atomic E-state index is -0.294. The lowest BCUT2D eigenvalue weighted by Gasteiger charge is -2.29. The molecule has 1 atom stereocenters. The molecule has 7 heteroatoms. The van der Waals surface area contributed by atoms with E-state index in [2.05, 4.69) is 10.2 Å². The molecule has 0 radical (unpaired) electrons. The molecule has 0 spiro atoms. The Morgan fingerprint density at radius 1 is 1.10 bits per heavy atom. The summed E-state index contributed by atoms with van der Waals surface area (Å²) < 4.78 is 16.0. The van der Waals surface area contributed by atoms with Crippen molar-refractivity contribution in [2.24, 2.45) is 0 Å². The van der Waals surface area contributed by atoms with Gasteiger partial charge in [-0.3, -0.25) is 9.69 Å². The van der Waals surface area contributed by atoms with Crippen LogP contribution in [0.15, 0.2) is 42.5 Å². The van der Waals surface area contributed by atoms with Gasteiger partial charge in [0.1, 0.15) is 0 Å². The van der Waals surface area contributed by atoms with E-state index in [0.717, 1.165) is 43.2 Å². The van der Waals surface area contributed by atoms with Gasteiger partial charge < -0.3 is 24.4 Å². The molecular weight excluding hydrogens is 382 g/mol. The van der Waals surface area contributed by atoms with Gasteiger partial charge in [0.05, 0.1) is 33.5 Å². The van der Waals surface area contributed by atoms with Crippen molar-refractivity contribution in [1.29, 1.82) is 0 Å². The summed E-state index contributed by atoms with van der Waals surface area (Å²) in [6.45, 7) is 5.81. The summed E-state index contributed by atoms with van der Waals surface area (Å²) in [5.74, 6) is 1.33. The maximum absolute atomic E-state index is 12.7. The Bertz CT molecular complexity index is 835. The molecule has 1 fully saturated rings. The van der Waals surface area contributed by atoms with Crippen LogP contribution in [0, 0.1) is 0 Å². The number of hydrogen-bond donors (Lipinski definition) is 1. The number of amides is 1. The van der Waals surface area contributed by atoms with Crippen LogP contribution in [0.1, 0.15) is 12.5 Å². The van der Waals surface area contributed by atoms with E-state index in [1.807, 2.05) is 61.3 Å². The van der Waals surface area contributed by atoms with Gasteiger partial charge in [-0.1, -0.05) is 6.07 Å². The summed E-state index contributed by atoms with van der Waals surface area (Å²) in [4.78, 5) is 17.0. The number of morpholine rings is 1. The van der Waals surface area contributed by atoms with Crippen molar-refractivity contribution in [1.82, 2.24) is 4.90 Å². The van der Waals surface area contributed by atoms with Crippen LogP contribution < -0.4 is 19.7 Å². The second-order valence-electron chi connectivity index (χ2n) is 7.42. The van der Waals surface area contributed by atoms with Gasteiger partial charge in [-0.15, -0.1) is 0 Å². The molecule has 2 aromatic carbocycles. The summed E-state index contributed by atoms with van der Waals surface area (Å²) in [5.41, 5.74) is 2.99. The molecule has 1 saturated heterocycles. The molecule has 2 aromatic rings. The van der Waals surface area contributed by atoms with E-state index >= 15 is 0 Å². The number of rotatable bonds is 8. The molecule has 1 aliphatic heterocycles. The van der Waals surface area contributed by atoms with Gasteiger partial charge in [-0.25, -0.2) is 0 Å². The molecule has 0 saturated carbocycles. The normalized spacial score (nSPS) is 15.0. The summed E-state index contributed by atoms with van der Waals surface area (Å²) in [6.07, 6.45) is 0. The fraction of sp³-hybridized carbons (Fsp3) is 0.435. The SMILES string of the molecule is COc1ccc(CN(C)[C@@H](C)C(=O)Nc2ccc(N3CCOCC3)cc2)cc1OC. The van der Waals surface area contributed by atoms with Gasteiger partial charge in [-0.05, 0) is 55.9 Å². The third kappa shape index (κ3) is 5.43. The molecule has 0 unspecified atom stereocenters. The number of carbonyl (C=O) groups excluding carboxylic acids is 1. The topological polar surface area (TPSA) is 63.3 Å². The highest BCUT2D eigenvalue weighted by Gasteiger charge is 2.19. The number of likely N-dealkylation sites (N-methyl/N-ethyl adjacent to an activating group) is 1. The van der Waals surface area contributed by atoms with E-state index in [-0.39, 0.29) is 11.9 Å². The summed E-state index contributed by atoms with van der Waals surface area (Å²) in [5, 5.41) is 3.01. The maximum atomic E-state index is 12.7. The summed E-state index contributed by atoms with van der Waals surface area (Å²) >= 11 is 0. The van der Waals surface area contributed by atoms with Gasteiger partial charge in [0.25, 0.3) is 0 Å². The van der Waals surface area contributed by atoms with E-state index in [4.69, 9.17) is 14.2 Å². The van der Waals surface area contributed by atoms with Crippen molar-refractivity contribution in [3.63, 3.8) is 0 Å². The van der Waals surface area contributed by atoms with E-state index in [1.54, 1.807) is 14.2 Å². The fourth-order valence-corrected chi connectivity index (χ4v) is 3.43. The zero-order chi connectivity index (χ0) is 21.5. The second-order valence-corrected chi connectivity index (χ2v) is 7.42. The lowest BCUT2D eigenvalue weighted by molar-refractivity contribution is -0.120. The first-order valence-corrected chi connectivity index (χ1v) is 10.2. The zero-order valence-electron chi connectivity index (χ0n) is 18.2. The van der Waals surface area contributed by atoms with E-state index in [0.29, 0.717) is 18.0 Å². The number of nitrogens with zero attached hydrogens (tertiary/aromatic N) is 2. The monoisotopic (exact) mass is 413 g/mol. The number of anilines is 2. The quantitative estimate of drug-likeness (QED) is 0.718. The molecule has 30 heavy (non-hydrogen) atoms. The van der Waals surface area contributed by atoms with Crippen LogP contribution in [-0.4, -0.2) is 64.4 Å². The van der Waals surface area contributed by atoms with Crippen LogP contribution in [0.4, 0.5) is 11.4 Å². The van der Waals surface area contributed by atoms with Crippen LogP contribution in [-0.2, 0) is 16.1 Å². The summed E-state index contributed by atoms with van der Waals surface area (Å²) in [7, 11) is 5.16. The van der Waals surface area contributed by atoms with Crippen LogP contribution in [0.5, 0.6) is 11.5 Å². The Morgan fingerprint density at radius 2 is 1.77 bits per heavy atom. The average Bonchev–Trinajstić information content (AvgIpc) is 2.79. The van der Waals surface area contributed by atoms with Crippen molar-refractivity contribution in [2.75, 3.05) is 57.8 Å². The second kappa shape index (κ2) is 10.3. The number of benzene rings is 2. The molecule has 1 amide bonds. The van der Waals surface area contributed by atoms with Crippen molar-refractivity contribution in [2.45, 2.75) is 19.5 Å². The van der Waals surface area contributed by atoms with E-state index in [1.165, 1.54) is 0 Å². The van der Waals surface area contributed by atoms with Crippen LogP contribution in [0.2, 0.25) is 0 Å². The maximum Gasteiger partial charge on any atom is 0.241 e. The predicted octanol–water partition coefficient (Wildman–Crippen LogP) is 3.00. The number of methoxy groups -OCH3 is 2. The first kappa shape index (κ1) is 21.9. The molecule has 162 valence electrons. The molecule has 0 aliphatic carbocycles. The lowest BCUT2D eigenvalue weighted by atomic mass is 10.1. The highest BCUT2D eigenvalue weighted by molar-refractivity contribution is 5.94. The Hall–Kier alpha value is -2.77. The summed E-state index contributed by atoms with van der Waals surface area (Å²) in [6, 6.07) is 13.5. The predicted molar refractivity (Wildman–Crippen MR) is 119 cm³/mol. The highest BCUT2D eigenvalue weighted by atomic mass is 16.5. The number of ether oxygens (including phenoxy) is 3. The lowest BCUT2D eigenvalue weighted by Crippen LogP contribution is -2.39. The van der Waals surface area contributed by atoms with E-state index in [9.17, 15) is 4.79 Å². The van der Waals surface area contributed by atoms with Crippen molar-refractivity contribution >= 4 is 17.3 Å². The van der Waals surface area contributed by atoms with Crippen molar-refractivity contribution in [3.8, 4) is 11.5 Å². The number of carbonyl (C=O) groups is 1. The Balaban J connectivity index is 1.57. The fourth-order valence-electron chi connectivity index (χ4n) is 3.43. The van der Waals surface area contributed by atoms with E-state index < -0.39 is 0 Å². The Labute approximate surface area is 178 Å². The zero-order valence-corrected chi connectivity index (χ0v) is 18.2. The molecule has 0 bridgehead atoms. The minimum Gasteiger partial charge on any atom is -0.493 e. The first-order valence-electron chi connectivity index (χ1n) is 10.2. The van der Waals surface area contributed by atoms with Crippen molar-refractivity contribution < 1.29 is 19.0 Å². The van der Waals surface area contributed by atoms with Gasteiger partial charge in [0.2, 0.25) is 5.91 Å². The van der Waals surface area contributed by atoms with Crippen molar-refractivity contribution in [3.05, 3.63) is 48.0 Å². The van der Waals surface area contributed by atoms with Gasteiger partial charge >= 0.3 is 0 Å². The number of nitrogens with one attached hydrogen (secondary N) is 1. The first-order chi connectivity index (χ1) is 14.5. The van der Waals surface area contributed by atoms with Gasteiger partial charge in [-0.2, -0.15) is 0 Å². The highest BCUT2D eigenvalue weighted by Crippen LogP contribution is 2.28. The molecule has 1 aliphatic rings. The molecule has 7 nitrogen and oxygen atoms in total. The van der Waals surface area contributed by atoms with Crippen LogP contribution >= 0.6 is 0 Å².